The molecule has 200 valence electrons. The fourth-order valence-electron chi connectivity index (χ4n) is 2.73. The van der Waals surface area contributed by atoms with E-state index in [9.17, 15) is 4.79 Å². The zero-order valence-corrected chi connectivity index (χ0v) is 24.5. The Morgan fingerprint density at radius 3 is 1.92 bits per heavy atom. The van der Waals surface area contributed by atoms with Crippen LogP contribution in [0.5, 0.6) is 0 Å². The third kappa shape index (κ3) is 16.7. The highest BCUT2D eigenvalue weighted by atomic mass is 35.5. The van der Waals surface area contributed by atoms with Gasteiger partial charge in [-0.25, -0.2) is 0 Å². The van der Waals surface area contributed by atoms with Crippen molar-refractivity contribution < 1.29 is 9.53 Å². The van der Waals surface area contributed by atoms with Crippen molar-refractivity contribution in [1.82, 2.24) is 0 Å². The third-order valence-corrected chi connectivity index (χ3v) is 4.61. The van der Waals surface area contributed by atoms with Crippen molar-refractivity contribution in [2.24, 2.45) is 16.0 Å². The monoisotopic (exact) mass is 595 g/mol. The standard InChI is InChI=1S/C14H18ClN3O2.C8H9ClN4.ClH.2H2S/c1-14(2,3)20-13(19)8-11(9-17-18-16)10-5-4-6-12(15)7-10;9-7-3-1-2-6(4-7)8(10)5-12-13-11;;;/h4-7,11H,8-9H2,1-3H3;1-4,8H,5,10H2;1H;2*1H2/t11-;8-;;;/m11.../s1. The molecule has 0 radical (unpaired) electrons. The molecule has 0 saturated carbocycles. The van der Waals surface area contributed by atoms with Gasteiger partial charge in [-0.05, 0) is 73.1 Å². The summed E-state index contributed by atoms with van der Waals surface area (Å²) in [6.45, 7) is 5.87. The molecule has 2 N–H and O–H groups in total. The summed E-state index contributed by atoms with van der Waals surface area (Å²) in [5.41, 5.74) is 23.5. The zero-order valence-electron chi connectivity index (χ0n) is 20.1. The molecule has 36 heavy (non-hydrogen) atoms. The van der Waals surface area contributed by atoms with Crippen LogP contribution in [-0.4, -0.2) is 24.7 Å². The Morgan fingerprint density at radius 2 is 1.44 bits per heavy atom. The number of ether oxygens (including phenoxy) is 1. The van der Waals surface area contributed by atoms with Crippen LogP contribution in [0.1, 0.15) is 50.3 Å². The number of carbonyl (C=O) groups excluding carboxylic acids is 1. The Balaban J connectivity index is -0.000000599. The van der Waals surface area contributed by atoms with Gasteiger partial charge in [0.2, 0.25) is 0 Å². The molecule has 9 nitrogen and oxygen atoms in total. The maximum atomic E-state index is 11.9. The molecule has 0 fully saturated rings. The average molecular weight is 597 g/mol. The summed E-state index contributed by atoms with van der Waals surface area (Å²) in [5, 5.41) is 8.16. The molecule has 0 amide bonds. The molecule has 0 aliphatic carbocycles. The number of halogens is 3. The van der Waals surface area contributed by atoms with E-state index in [1.165, 1.54) is 0 Å². The second-order valence-corrected chi connectivity index (χ2v) is 8.90. The lowest BCUT2D eigenvalue weighted by atomic mass is 9.96. The van der Waals surface area contributed by atoms with Gasteiger partial charge in [-0.1, -0.05) is 57.7 Å². The zero-order chi connectivity index (χ0) is 24.9. The number of hydrogen-bond donors (Lipinski definition) is 1. The van der Waals surface area contributed by atoms with Crippen molar-refractivity contribution in [3.05, 3.63) is 90.6 Å². The van der Waals surface area contributed by atoms with E-state index in [0.29, 0.717) is 10.0 Å². The number of carbonyl (C=O) groups is 1. The fraction of sp³-hybridized carbons (Fsp3) is 0.409. The van der Waals surface area contributed by atoms with Gasteiger partial charge in [-0.15, -0.1) is 12.4 Å². The highest BCUT2D eigenvalue weighted by Gasteiger charge is 2.21. The second-order valence-electron chi connectivity index (χ2n) is 8.03. The summed E-state index contributed by atoms with van der Waals surface area (Å²) in [5.74, 6) is -0.560. The van der Waals surface area contributed by atoms with Crippen molar-refractivity contribution in [3.63, 3.8) is 0 Å². The first-order valence-electron chi connectivity index (χ1n) is 10.1. The van der Waals surface area contributed by atoms with Gasteiger partial charge in [-0.3, -0.25) is 4.79 Å². The molecule has 0 aliphatic rings. The SMILES string of the molecule is CC(C)(C)OC(=O)C[C@H](CN=[N+]=[N-])c1cccc(Cl)c1.Cl.S.S.[N-]=[N+]=NC[C@@H](N)c1cccc(Cl)c1. The van der Waals surface area contributed by atoms with Crippen LogP contribution in [0.2, 0.25) is 10.0 Å². The van der Waals surface area contributed by atoms with Crippen LogP contribution in [0.15, 0.2) is 58.8 Å². The van der Waals surface area contributed by atoms with E-state index in [1.54, 1.807) is 30.3 Å². The Hall–Kier alpha value is -1.94. The predicted octanol–water partition coefficient (Wildman–Crippen LogP) is 7.76. The molecular formula is C22H32Cl3N7O2S2. The van der Waals surface area contributed by atoms with E-state index < -0.39 is 5.60 Å². The van der Waals surface area contributed by atoms with Crippen LogP contribution in [0.4, 0.5) is 0 Å². The van der Waals surface area contributed by atoms with Gasteiger partial charge < -0.3 is 10.5 Å². The number of rotatable bonds is 8. The summed E-state index contributed by atoms with van der Waals surface area (Å²) < 4.78 is 5.29. The highest BCUT2D eigenvalue weighted by Crippen LogP contribution is 2.25. The van der Waals surface area contributed by atoms with Gasteiger partial charge in [0, 0.05) is 39.0 Å². The molecule has 2 atom stereocenters. The Morgan fingerprint density at radius 1 is 0.972 bits per heavy atom. The summed E-state index contributed by atoms with van der Waals surface area (Å²) in [6.07, 6.45) is 0.149. The molecule has 0 saturated heterocycles. The van der Waals surface area contributed by atoms with Crippen LogP contribution in [0.3, 0.4) is 0 Å². The van der Waals surface area contributed by atoms with Crippen LogP contribution in [0.25, 0.3) is 20.9 Å². The van der Waals surface area contributed by atoms with Crippen LogP contribution >= 0.6 is 62.6 Å². The molecule has 0 spiro atoms. The first-order chi connectivity index (χ1) is 15.6. The molecule has 0 aromatic heterocycles. The second kappa shape index (κ2) is 20.2. The minimum Gasteiger partial charge on any atom is -0.460 e. The first-order valence-corrected chi connectivity index (χ1v) is 10.8. The van der Waals surface area contributed by atoms with Crippen molar-refractivity contribution in [2.45, 2.75) is 44.8 Å². The van der Waals surface area contributed by atoms with Gasteiger partial charge >= 0.3 is 5.97 Å². The third-order valence-electron chi connectivity index (χ3n) is 4.14. The number of azide groups is 2. The largest absolute Gasteiger partial charge is 0.460 e. The highest BCUT2D eigenvalue weighted by molar-refractivity contribution is 7.59. The summed E-state index contributed by atoms with van der Waals surface area (Å²) in [7, 11) is 0. The molecule has 2 rings (SSSR count). The molecule has 2 aromatic carbocycles. The molecule has 0 aliphatic heterocycles. The Kier molecular flexibility index (Phi) is 21.6. The summed E-state index contributed by atoms with van der Waals surface area (Å²) in [6, 6.07) is 14.1. The lowest BCUT2D eigenvalue weighted by molar-refractivity contribution is -0.155. The molecule has 0 bridgehead atoms. The molecular weight excluding hydrogens is 565 g/mol. The number of nitrogens with zero attached hydrogens (tertiary/aromatic N) is 6. The van der Waals surface area contributed by atoms with Crippen LogP contribution < -0.4 is 5.73 Å². The molecule has 0 unspecified atom stereocenters. The van der Waals surface area contributed by atoms with Gasteiger partial charge in [0.1, 0.15) is 5.60 Å². The first kappa shape index (κ1) is 38.6. The van der Waals surface area contributed by atoms with Gasteiger partial charge in [-0.2, -0.15) is 27.0 Å². The molecule has 2 aromatic rings. The Labute approximate surface area is 241 Å². The number of hydrogen-bond acceptors (Lipinski definition) is 5. The number of benzene rings is 2. The van der Waals surface area contributed by atoms with E-state index in [2.05, 4.69) is 20.1 Å². The lowest BCUT2D eigenvalue weighted by Crippen LogP contribution is -2.25. The maximum absolute atomic E-state index is 11.9. The summed E-state index contributed by atoms with van der Waals surface area (Å²) >= 11 is 11.7. The fourth-order valence-corrected chi connectivity index (χ4v) is 3.13. The van der Waals surface area contributed by atoms with E-state index in [1.807, 2.05) is 39.0 Å². The van der Waals surface area contributed by atoms with E-state index in [4.69, 9.17) is 44.7 Å². The topological polar surface area (TPSA) is 150 Å². The van der Waals surface area contributed by atoms with E-state index in [-0.39, 0.29) is 76.8 Å². The smallest absolute Gasteiger partial charge is 0.306 e. The van der Waals surface area contributed by atoms with Gasteiger partial charge in [0.05, 0.1) is 6.42 Å². The van der Waals surface area contributed by atoms with Crippen molar-refractivity contribution in [1.29, 1.82) is 0 Å². The van der Waals surface area contributed by atoms with E-state index in [0.717, 1.165) is 11.1 Å². The number of nitrogens with two attached hydrogens (primary N) is 1. The maximum Gasteiger partial charge on any atom is 0.306 e. The van der Waals surface area contributed by atoms with Gasteiger partial charge in [0.25, 0.3) is 0 Å². The Bertz CT molecular complexity index is 1030. The lowest BCUT2D eigenvalue weighted by Gasteiger charge is -2.22. The van der Waals surface area contributed by atoms with Crippen molar-refractivity contribution in [2.75, 3.05) is 13.1 Å². The average Bonchev–Trinajstić information content (AvgIpc) is 2.74. The summed E-state index contributed by atoms with van der Waals surface area (Å²) in [4.78, 5) is 17.3. The van der Waals surface area contributed by atoms with Crippen LogP contribution in [0, 0.1) is 0 Å². The minimum absolute atomic E-state index is 0. The normalized spacial score (nSPS) is 11.2. The predicted molar refractivity (Wildman–Crippen MR) is 159 cm³/mol. The number of esters is 1. The van der Waals surface area contributed by atoms with Gasteiger partial charge in [0.15, 0.2) is 0 Å². The molecule has 14 heteroatoms. The van der Waals surface area contributed by atoms with E-state index >= 15 is 0 Å². The van der Waals surface area contributed by atoms with Crippen molar-refractivity contribution in [3.8, 4) is 0 Å². The molecule has 0 heterocycles. The van der Waals surface area contributed by atoms with Crippen molar-refractivity contribution >= 4 is 68.6 Å². The minimum atomic E-state index is -0.533. The quantitative estimate of drug-likeness (QED) is 0.143. The van der Waals surface area contributed by atoms with Crippen LogP contribution in [-0.2, 0) is 9.53 Å².